The summed E-state index contributed by atoms with van der Waals surface area (Å²) in [5.41, 5.74) is 0. The molecule has 1 fully saturated rings. The largest absolute Gasteiger partial charge is 0.450 e. The first kappa shape index (κ1) is 12.3. The predicted octanol–water partition coefficient (Wildman–Crippen LogP) is 1.66. The Balaban J connectivity index is 2.71. The fourth-order valence-corrected chi connectivity index (χ4v) is 2.09. The van der Waals surface area contributed by atoms with Gasteiger partial charge in [0, 0.05) is 6.54 Å². The first-order valence-electron chi connectivity index (χ1n) is 5.13. The molecule has 1 amide bonds. The first-order valence-corrected chi connectivity index (χ1v) is 5.67. The van der Waals surface area contributed by atoms with Crippen LogP contribution in [0.2, 0.25) is 0 Å². The molecule has 2 unspecified atom stereocenters. The van der Waals surface area contributed by atoms with Crippen molar-refractivity contribution < 1.29 is 14.3 Å². The minimum atomic E-state index is -0.412. The number of ether oxygens (including phenoxy) is 1. The van der Waals surface area contributed by atoms with E-state index in [1.807, 2.05) is 6.92 Å². The number of hydrogen-bond acceptors (Lipinski definition) is 3. The van der Waals surface area contributed by atoms with Gasteiger partial charge in [0.15, 0.2) is 5.78 Å². The average Bonchev–Trinajstić information content (AvgIpc) is 2.59. The number of likely N-dealkylation sites (tertiary alicyclic amines) is 1. The molecule has 0 aromatic rings. The van der Waals surface area contributed by atoms with Gasteiger partial charge in [0.2, 0.25) is 0 Å². The summed E-state index contributed by atoms with van der Waals surface area (Å²) in [6.07, 6.45) is 0.414. The molecule has 4 nitrogen and oxygen atoms in total. The highest BCUT2D eigenvalue weighted by atomic mass is 35.5. The highest BCUT2D eigenvalue weighted by Gasteiger charge is 2.39. The highest BCUT2D eigenvalue weighted by Crippen LogP contribution is 2.25. The Morgan fingerprint density at radius 1 is 1.53 bits per heavy atom. The number of hydrogen-bond donors (Lipinski definition) is 0. The molecule has 1 aliphatic heterocycles. The molecular formula is C10H16ClNO3. The van der Waals surface area contributed by atoms with E-state index in [-0.39, 0.29) is 17.6 Å². The van der Waals surface area contributed by atoms with E-state index in [4.69, 9.17) is 16.3 Å². The monoisotopic (exact) mass is 233 g/mol. The minimum absolute atomic E-state index is 0.0507. The lowest BCUT2D eigenvalue weighted by Gasteiger charge is -2.24. The number of halogens is 1. The van der Waals surface area contributed by atoms with Gasteiger partial charge in [-0.05, 0) is 19.3 Å². The number of carbonyl (C=O) groups excluding carboxylic acids is 2. The summed E-state index contributed by atoms with van der Waals surface area (Å²) in [5.74, 6) is 0.0145. The van der Waals surface area contributed by atoms with Crippen LogP contribution in [0.3, 0.4) is 0 Å². The second-order valence-corrected chi connectivity index (χ2v) is 3.97. The lowest BCUT2D eigenvalue weighted by molar-refractivity contribution is -0.121. The van der Waals surface area contributed by atoms with E-state index in [0.717, 1.165) is 6.42 Å². The number of amides is 1. The Morgan fingerprint density at radius 2 is 2.20 bits per heavy atom. The first-order chi connectivity index (χ1) is 7.11. The van der Waals surface area contributed by atoms with Crippen LogP contribution in [-0.2, 0) is 9.53 Å². The van der Waals surface area contributed by atoms with E-state index in [1.54, 1.807) is 6.92 Å². The molecule has 0 bridgehead atoms. The zero-order chi connectivity index (χ0) is 11.4. The third-order valence-electron chi connectivity index (χ3n) is 2.66. The summed E-state index contributed by atoms with van der Waals surface area (Å²) < 4.78 is 4.89. The minimum Gasteiger partial charge on any atom is -0.450 e. The number of ketones is 1. The summed E-state index contributed by atoms with van der Waals surface area (Å²) in [5, 5.41) is 0. The number of Topliss-reactive ketones (excluding diaryl/α,β-unsaturated/α-hetero) is 1. The van der Waals surface area contributed by atoms with Gasteiger partial charge in [-0.25, -0.2) is 4.79 Å². The summed E-state index contributed by atoms with van der Waals surface area (Å²) >= 11 is 5.52. The summed E-state index contributed by atoms with van der Waals surface area (Å²) in [7, 11) is 0. The highest BCUT2D eigenvalue weighted by molar-refractivity contribution is 6.28. The van der Waals surface area contributed by atoms with Crippen LogP contribution in [0, 0.1) is 5.92 Å². The number of nitrogens with zero attached hydrogens (tertiary/aromatic N) is 1. The third kappa shape index (κ3) is 2.62. The normalized spacial score (nSPS) is 25.4. The quantitative estimate of drug-likeness (QED) is 0.697. The molecule has 0 N–H and O–H groups in total. The van der Waals surface area contributed by atoms with Gasteiger partial charge >= 0.3 is 6.09 Å². The van der Waals surface area contributed by atoms with Crippen LogP contribution < -0.4 is 0 Å². The second-order valence-electron chi connectivity index (χ2n) is 3.70. The molecule has 2 atom stereocenters. The van der Waals surface area contributed by atoms with Crippen LogP contribution in [0.15, 0.2) is 0 Å². The Bertz CT molecular complexity index is 257. The molecule has 15 heavy (non-hydrogen) atoms. The van der Waals surface area contributed by atoms with Gasteiger partial charge in [-0.15, -0.1) is 11.6 Å². The predicted molar refractivity (Wildman–Crippen MR) is 57.0 cm³/mol. The van der Waals surface area contributed by atoms with Crippen molar-refractivity contribution >= 4 is 23.5 Å². The summed E-state index contributed by atoms with van der Waals surface area (Å²) in [6.45, 7) is 4.60. The van der Waals surface area contributed by atoms with Gasteiger partial charge < -0.3 is 4.74 Å². The smallest absolute Gasteiger partial charge is 0.410 e. The number of rotatable bonds is 3. The number of carbonyl (C=O) groups is 2. The molecule has 1 rings (SSSR count). The van der Waals surface area contributed by atoms with Crippen molar-refractivity contribution in [2.24, 2.45) is 5.92 Å². The fraction of sp³-hybridized carbons (Fsp3) is 0.800. The maximum Gasteiger partial charge on any atom is 0.410 e. The van der Waals surface area contributed by atoms with E-state index in [0.29, 0.717) is 13.2 Å². The van der Waals surface area contributed by atoms with Gasteiger partial charge in [0.05, 0.1) is 18.5 Å². The molecule has 0 spiro atoms. The van der Waals surface area contributed by atoms with Crippen LogP contribution in [0.5, 0.6) is 0 Å². The van der Waals surface area contributed by atoms with Gasteiger partial charge in [-0.3, -0.25) is 9.69 Å². The van der Waals surface area contributed by atoms with Crippen molar-refractivity contribution in [3.63, 3.8) is 0 Å². The molecule has 86 valence electrons. The molecule has 0 aromatic carbocycles. The van der Waals surface area contributed by atoms with E-state index in [1.165, 1.54) is 4.90 Å². The van der Waals surface area contributed by atoms with Crippen LogP contribution in [0.25, 0.3) is 0 Å². The maximum absolute atomic E-state index is 11.6. The lowest BCUT2D eigenvalue weighted by Crippen LogP contribution is -2.43. The average molecular weight is 234 g/mol. The number of alkyl halides is 1. The molecular weight excluding hydrogens is 218 g/mol. The lowest BCUT2D eigenvalue weighted by atomic mass is 10.00. The van der Waals surface area contributed by atoms with Crippen LogP contribution in [0.1, 0.15) is 20.3 Å². The molecule has 5 heteroatoms. The summed E-state index contributed by atoms with van der Waals surface area (Å²) in [4.78, 5) is 24.6. The van der Waals surface area contributed by atoms with E-state index < -0.39 is 12.1 Å². The van der Waals surface area contributed by atoms with Gasteiger partial charge in [0.25, 0.3) is 0 Å². The second kappa shape index (κ2) is 5.35. The van der Waals surface area contributed by atoms with Crippen LogP contribution in [0.4, 0.5) is 4.79 Å². The van der Waals surface area contributed by atoms with Crippen LogP contribution >= 0.6 is 11.6 Å². The van der Waals surface area contributed by atoms with Gasteiger partial charge in [-0.1, -0.05) is 6.92 Å². The molecule has 0 saturated carbocycles. The standard InChI is InChI=1S/C10H16ClNO3/c1-3-15-10(14)12-5-4-7(2)9(12)8(13)6-11/h7,9H,3-6H2,1-2H3. The van der Waals surface area contributed by atoms with E-state index in [2.05, 4.69) is 0 Å². The Hall–Kier alpha value is -0.770. The van der Waals surface area contributed by atoms with Gasteiger partial charge in [-0.2, -0.15) is 0 Å². The third-order valence-corrected chi connectivity index (χ3v) is 2.93. The maximum atomic E-state index is 11.6. The van der Waals surface area contributed by atoms with Crippen LogP contribution in [-0.4, -0.2) is 41.8 Å². The van der Waals surface area contributed by atoms with Gasteiger partial charge in [0.1, 0.15) is 0 Å². The molecule has 0 aromatic heterocycles. The zero-order valence-corrected chi connectivity index (χ0v) is 9.79. The van der Waals surface area contributed by atoms with E-state index >= 15 is 0 Å². The Labute approximate surface area is 94.5 Å². The molecule has 1 aliphatic rings. The van der Waals surface area contributed by atoms with Crippen molar-refractivity contribution in [1.82, 2.24) is 4.90 Å². The van der Waals surface area contributed by atoms with E-state index in [9.17, 15) is 9.59 Å². The molecule has 0 aliphatic carbocycles. The fourth-order valence-electron chi connectivity index (χ4n) is 1.93. The molecule has 0 radical (unpaired) electrons. The van der Waals surface area contributed by atoms with Crippen molar-refractivity contribution in [3.8, 4) is 0 Å². The van der Waals surface area contributed by atoms with Crippen molar-refractivity contribution in [1.29, 1.82) is 0 Å². The Morgan fingerprint density at radius 3 is 2.73 bits per heavy atom. The SMILES string of the molecule is CCOC(=O)N1CCC(C)C1C(=O)CCl. The Kier molecular flexibility index (Phi) is 4.39. The summed E-state index contributed by atoms with van der Waals surface area (Å²) in [6, 6.07) is -0.401. The molecule has 1 saturated heterocycles. The zero-order valence-electron chi connectivity index (χ0n) is 9.03. The topological polar surface area (TPSA) is 46.6 Å². The van der Waals surface area contributed by atoms with Crippen molar-refractivity contribution in [3.05, 3.63) is 0 Å². The molecule has 1 heterocycles. The van der Waals surface area contributed by atoms with Crippen molar-refractivity contribution in [2.45, 2.75) is 26.3 Å². The van der Waals surface area contributed by atoms with Crippen molar-refractivity contribution in [2.75, 3.05) is 19.0 Å².